The minimum atomic E-state index is -0.487. The smallest absolute Gasteiger partial charge is 0.243 e. The van der Waals surface area contributed by atoms with Gasteiger partial charge in [0.25, 0.3) is 0 Å². The summed E-state index contributed by atoms with van der Waals surface area (Å²) in [6.07, 6.45) is 3.83. The highest BCUT2D eigenvalue weighted by molar-refractivity contribution is 8.01. The summed E-state index contributed by atoms with van der Waals surface area (Å²) in [5.74, 6) is 0.307. The van der Waals surface area contributed by atoms with Crippen molar-refractivity contribution in [2.24, 2.45) is 0 Å². The van der Waals surface area contributed by atoms with Crippen molar-refractivity contribution in [2.45, 2.75) is 38.1 Å². The topological polar surface area (TPSA) is 75.5 Å². The summed E-state index contributed by atoms with van der Waals surface area (Å²) in [4.78, 5) is 28.7. The molecule has 2 aromatic heterocycles. The molecule has 3 rings (SSSR count). The van der Waals surface area contributed by atoms with E-state index in [0.29, 0.717) is 12.3 Å². The lowest BCUT2D eigenvalue weighted by Crippen LogP contribution is -2.57. The Morgan fingerprint density at radius 3 is 3.04 bits per heavy atom. The van der Waals surface area contributed by atoms with Gasteiger partial charge in [-0.25, -0.2) is 4.98 Å². The number of hydrogen-bond acceptors (Lipinski definition) is 4. The van der Waals surface area contributed by atoms with E-state index in [4.69, 9.17) is 0 Å². The van der Waals surface area contributed by atoms with Crippen molar-refractivity contribution in [1.82, 2.24) is 20.0 Å². The van der Waals surface area contributed by atoms with Crippen molar-refractivity contribution in [3.8, 4) is 0 Å². The molecular formula is C16H20N4O2S. The summed E-state index contributed by atoms with van der Waals surface area (Å²) in [5.41, 5.74) is 2.77. The van der Waals surface area contributed by atoms with Crippen LogP contribution < -0.4 is 10.6 Å². The number of hydrogen-bond donors (Lipinski definition) is 2. The third-order valence-corrected chi connectivity index (χ3v) is 5.36. The Hall–Kier alpha value is -2.02. The first-order chi connectivity index (χ1) is 10.9. The zero-order valence-corrected chi connectivity index (χ0v) is 14.2. The molecule has 23 heavy (non-hydrogen) atoms. The normalized spacial score (nSPS) is 20.3. The third kappa shape index (κ3) is 3.19. The number of aryl methyl sites for hydroxylation is 1. The molecule has 1 atom stereocenters. The van der Waals surface area contributed by atoms with Crippen LogP contribution in [0.3, 0.4) is 0 Å². The molecule has 2 N–H and O–H groups in total. The summed E-state index contributed by atoms with van der Waals surface area (Å²) < 4.78 is 1.47. The van der Waals surface area contributed by atoms with Gasteiger partial charge in [0.15, 0.2) is 0 Å². The van der Waals surface area contributed by atoms with Crippen LogP contribution in [-0.4, -0.2) is 37.7 Å². The fourth-order valence-corrected chi connectivity index (χ4v) is 3.47. The second kappa shape index (κ2) is 5.88. The summed E-state index contributed by atoms with van der Waals surface area (Å²) in [6.45, 7) is 6.07. The van der Waals surface area contributed by atoms with Gasteiger partial charge in [-0.05, 0) is 32.4 Å². The highest BCUT2D eigenvalue weighted by Crippen LogP contribution is 2.28. The number of thioether (sulfide) groups is 1. The number of carbonyl (C=O) groups is 2. The van der Waals surface area contributed by atoms with Crippen molar-refractivity contribution in [1.29, 1.82) is 0 Å². The average molecular weight is 332 g/mol. The Morgan fingerprint density at radius 2 is 2.35 bits per heavy atom. The van der Waals surface area contributed by atoms with Crippen LogP contribution in [0.1, 0.15) is 25.1 Å². The van der Waals surface area contributed by atoms with E-state index in [1.165, 1.54) is 11.8 Å². The Balaban J connectivity index is 1.62. The maximum Gasteiger partial charge on any atom is 0.243 e. The molecule has 0 saturated carbocycles. The quantitative estimate of drug-likeness (QED) is 0.887. The van der Waals surface area contributed by atoms with E-state index < -0.39 is 10.8 Å². The molecule has 122 valence electrons. The molecule has 0 aromatic carbocycles. The SMILES string of the molecule is Cc1cccn2cc(CNC(=O)[C@@H]3CSC(C)(C)C(=O)N3)nc12. The summed E-state index contributed by atoms with van der Waals surface area (Å²) in [5, 5.41) is 5.64. The predicted molar refractivity (Wildman–Crippen MR) is 90.2 cm³/mol. The number of nitrogens with one attached hydrogen (secondary N) is 2. The van der Waals surface area contributed by atoms with Gasteiger partial charge in [0, 0.05) is 18.1 Å². The molecule has 1 fully saturated rings. The van der Waals surface area contributed by atoms with E-state index >= 15 is 0 Å². The van der Waals surface area contributed by atoms with Crippen LogP contribution in [0.15, 0.2) is 24.5 Å². The van der Waals surface area contributed by atoms with Crippen LogP contribution in [0.5, 0.6) is 0 Å². The number of amides is 2. The van der Waals surface area contributed by atoms with Crippen LogP contribution in [0.25, 0.3) is 5.65 Å². The van der Waals surface area contributed by atoms with Crippen molar-refractivity contribution < 1.29 is 9.59 Å². The maximum atomic E-state index is 12.2. The Labute approximate surface area is 139 Å². The largest absolute Gasteiger partial charge is 0.349 e. The van der Waals surface area contributed by atoms with Gasteiger partial charge in [-0.2, -0.15) is 0 Å². The van der Waals surface area contributed by atoms with Crippen LogP contribution >= 0.6 is 11.8 Å². The van der Waals surface area contributed by atoms with Gasteiger partial charge < -0.3 is 15.0 Å². The van der Waals surface area contributed by atoms with Crippen molar-refractivity contribution in [2.75, 3.05) is 5.75 Å². The average Bonchev–Trinajstić information content (AvgIpc) is 2.92. The Kier molecular flexibility index (Phi) is 4.06. The Bertz CT molecular complexity index is 769. The molecule has 1 aliphatic rings. The van der Waals surface area contributed by atoms with E-state index in [-0.39, 0.29) is 11.8 Å². The minimum Gasteiger partial charge on any atom is -0.349 e. The lowest BCUT2D eigenvalue weighted by molar-refractivity contribution is -0.129. The number of aromatic nitrogens is 2. The monoisotopic (exact) mass is 332 g/mol. The van der Waals surface area contributed by atoms with E-state index in [0.717, 1.165) is 16.9 Å². The van der Waals surface area contributed by atoms with Gasteiger partial charge >= 0.3 is 0 Å². The zero-order chi connectivity index (χ0) is 16.6. The van der Waals surface area contributed by atoms with Crippen LogP contribution in [0.4, 0.5) is 0 Å². The first-order valence-corrected chi connectivity index (χ1v) is 8.51. The second-order valence-corrected chi connectivity index (χ2v) is 7.86. The number of pyridine rings is 1. The van der Waals surface area contributed by atoms with Crippen LogP contribution in [0, 0.1) is 6.92 Å². The molecule has 0 unspecified atom stereocenters. The fourth-order valence-electron chi connectivity index (χ4n) is 2.46. The molecule has 2 amide bonds. The third-order valence-electron chi connectivity index (χ3n) is 3.95. The molecule has 7 heteroatoms. The zero-order valence-electron chi connectivity index (χ0n) is 13.4. The molecular weight excluding hydrogens is 312 g/mol. The van der Waals surface area contributed by atoms with Crippen molar-refractivity contribution in [3.05, 3.63) is 35.8 Å². The van der Waals surface area contributed by atoms with Gasteiger partial charge in [-0.1, -0.05) is 6.07 Å². The number of carbonyl (C=O) groups excluding carboxylic acids is 2. The van der Waals surface area contributed by atoms with Gasteiger partial charge in [-0.15, -0.1) is 11.8 Å². The molecule has 3 heterocycles. The summed E-state index contributed by atoms with van der Waals surface area (Å²) >= 11 is 1.50. The first-order valence-electron chi connectivity index (χ1n) is 7.52. The molecule has 0 radical (unpaired) electrons. The van der Waals surface area contributed by atoms with Gasteiger partial charge in [0.1, 0.15) is 11.7 Å². The molecule has 0 aliphatic carbocycles. The highest BCUT2D eigenvalue weighted by Gasteiger charge is 2.37. The first kappa shape index (κ1) is 15.9. The molecule has 1 saturated heterocycles. The molecule has 0 bridgehead atoms. The van der Waals surface area contributed by atoms with Gasteiger partial charge in [0.05, 0.1) is 17.0 Å². The maximum absolute atomic E-state index is 12.2. The molecule has 1 aliphatic heterocycles. The number of rotatable bonds is 3. The standard InChI is InChI=1S/C16H20N4O2S/c1-10-5-4-6-20-8-11(18-13(10)20)7-17-14(21)12-9-23-16(2,3)15(22)19-12/h4-6,8,12H,7,9H2,1-3H3,(H,17,21)(H,19,22)/t12-/m0/s1. The van der Waals surface area contributed by atoms with E-state index in [2.05, 4.69) is 15.6 Å². The van der Waals surface area contributed by atoms with Crippen LogP contribution in [-0.2, 0) is 16.1 Å². The minimum absolute atomic E-state index is 0.0998. The van der Waals surface area contributed by atoms with E-state index in [1.54, 1.807) is 0 Å². The highest BCUT2D eigenvalue weighted by atomic mass is 32.2. The summed E-state index contributed by atoms with van der Waals surface area (Å²) in [7, 11) is 0. The predicted octanol–water partition coefficient (Wildman–Crippen LogP) is 1.27. The fraction of sp³-hybridized carbons (Fsp3) is 0.438. The molecule has 6 nitrogen and oxygen atoms in total. The molecule has 2 aromatic rings. The lowest BCUT2D eigenvalue weighted by Gasteiger charge is -2.32. The van der Waals surface area contributed by atoms with E-state index in [1.807, 2.05) is 49.7 Å². The van der Waals surface area contributed by atoms with E-state index in [9.17, 15) is 9.59 Å². The van der Waals surface area contributed by atoms with Crippen molar-refractivity contribution in [3.63, 3.8) is 0 Å². The number of nitrogens with zero attached hydrogens (tertiary/aromatic N) is 2. The van der Waals surface area contributed by atoms with Gasteiger partial charge in [-0.3, -0.25) is 9.59 Å². The molecule has 0 spiro atoms. The summed E-state index contributed by atoms with van der Waals surface area (Å²) in [6, 6.07) is 3.48. The lowest BCUT2D eigenvalue weighted by atomic mass is 10.1. The number of imidazole rings is 1. The van der Waals surface area contributed by atoms with Crippen LogP contribution in [0.2, 0.25) is 0 Å². The number of fused-ring (bicyclic) bond motifs is 1. The van der Waals surface area contributed by atoms with Gasteiger partial charge in [0.2, 0.25) is 11.8 Å². The Morgan fingerprint density at radius 1 is 1.57 bits per heavy atom. The van der Waals surface area contributed by atoms with Crippen molar-refractivity contribution >= 4 is 29.2 Å². The second-order valence-electron chi connectivity index (χ2n) is 6.22.